The summed E-state index contributed by atoms with van der Waals surface area (Å²) < 4.78 is 2.07. The molecule has 11 nitrogen and oxygen atoms in total. The van der Waals surface area contributed by atoms with E-state index in [2.05, 4.69) is 25.5 Å². The number of aromatic hydroxyl groups is 1. The number of fused-ring (bicyclic) bond motifs is 1. The van der Waals surface area contributed by atoms with Crippen molar-refractivity contribution in [2.45, 2.75) is 44.6 Å². The zero-order chi connectivity index (χ0) is 29.4. The van der Waals surface area contributed by atoms with Gasteiger partial charge >= 0.3 is 0 Å². The highest BCUT2D eigenvalue weighted by Gasteiger charge is 2.56. The van der Waals surface area contributed by atoms with Crippen molar-refractivity contribution in [2.75, 3.05) is 30.0 Å². The third-order valence-corrected chi connectivity index (χ3v) is 8.03. The van der Waals surface area contributed by atoms with Gasteiger partial charge in [0.1, 0.15) is 22.5 Å². The van der Waals surface area contributed by atoms with E-state index in [1.807, 2.05) is 6.07 Å². The number of phenolic OH excluding ortho intramolecular Hbond substituents is 1. The molecule has 2 aliphatic rings. The van der Waals surface area contributed by atoms with E-state index in [0.717, 1.165) is 42.4 Å². The lowest BCUT2D eigenvalue weighted by Crippen LogP contribution is -2.35. The molecule has 0 radical (unpaired) electrons. The second-order valence-electron chi connectivity index (χ2n) is 11.2. The molecular weight excluding hydrogens is 534 g/mol. The number of anilines is 4. The SMILES string of the molecule is CN(C)C(=O)c1cc2cnc(Nc3ccc(NC(=O)C4(C(=O)Nc5ccc(O)cc5)CC4)cc3)nc2n1C1CCCC1. The molecule has 42 heavy (non-hydrogen) atoms. The largest absolute Gasteiger partial charge is 0.508 e. The lowest BCUT2D eigenvalue weighted by molar-refractivity contribution is -0.131. The van der Waals surface area contributed by atoms with E-state index in [4.69, 9.17) is 4.98 Å². The number of carbonyl (C=O) groups excluding carboxylic acids is 3. The minimum absolute atomic E-state index is 0.0575. The van der Waals surface area contributed by atoms with Crippen LogP contribution < -0.4 is 16.0 Å². The van der Waals surface area contributed by atoms with Gasteiger partial charge < -0.3 is 30.5 Å². The van der Waals surface area contributed by atoms with Crippen LogP contribution in [0.2, 0.25) is 0 Å². The maximum Gasteiger partial charge on any atom is 0.270 e. The standard InChI is InChI=1S/C31H33N7O4/c1-37(2)27(40)25-17-19-18-32-30(36-26(19)38(25)23-5-3-4-6-23)35-22-9-7-20(8-10-22)33-28(41)31(15-16-31)29(42)34-21-11-13-24(39)14-12-21/h7-14,17-18,23,39H,3-6,15-16H2,1-2H3,(H,33,41)(H,34,42)(H,32,35,36). The number of carbonyl (C=O) groups is 3. The number of nitrogens with one attached hydrogen (secondary N) is 3. The molecule has 2 fully saturated rings. The zero-order valence-electron chi connectivity index (χ0n) is 23.6. The summed E-state index contributed by atoms with van der Waals surface area (Å²) in [6.07, 6.45) is 6.94. The maximum absolute atomic E-state index is 13.0. The lowest BCUT2D eigenvalue weighted by atomic mass is 10.0. The summed E-state index contributed by atoms with van der Waals surface area (Å²) in [5.41, 5.74) is 2.05. The Kier molecular flexibility index (Phi) is 7.01. The second kappa shape index (κ2) is 10.8. The molecule has 0 unspecified atom stereocenters. The van der Waals surface area contributed by atoms with Gasteiger partial charge in [0.25, 0.3) is 5.91 Å². The van der Waals surface area contributed by atoms with Crippen molar-refractivity contribution in [3.05, 3.63) is 66.5 Å². The molecule has 2 aliphatic carbocycles. The summed E-state index contributed by atoms with van der Waals surface area (Å²) in [7, 11) is 3.50. The first-order valence-electron chi connectivity index (χ1n) is 14.1. The number of rotatable bonds is 8. The molecule has 6 rings (SSSR count). The number of aromatic nitrogens is 3. The smallest absolute Gasteiger partial charge is 0.270 e. The van der Waals surface area contributed by atoms with Crippen LogP contribution in [0.3, 0.4) is 0 Å². The van der Waals surface area contributed by atoms with E-state index in [9.17, 15) is 19.5 Å². The monoisotopic (exact) mass is 567 g/mol. The molecule has 2 aromatic heterocycles. The second-order valence-corrected chi connectivity index (χ2v) is 11.2. The van der Waals surface area contributed by atoms with Gasteiger partial charge in [0.15, 0.2) is 0 Å². The molecule has 3 amide bonds. The highest BCUT2D eigenvalue weighted by Crippen LogP contribution is 2.47. The van der Waals surface area contributed by atoms with Crippen molar-refractivity contribution < 1.29 is 19.5 Å². The highest BCUT2D eigenvalue weighted by atomic mass is 16.3. The third-order valence-electron chi connectivity index (χ3n) is 8.03. The van der Waals surface area contributed by atoms with E-state index in [1.54, 1.807) is 61.6 Å². The van der Waals surface area contributed by atoms with Crippen molar-refractivity contribution >= 4 is 51.8 Å². The molecule has 0 aliphatic heterocycles. The molecule has 2 saturated carbocycles. The van der Waals surface area contributed by atoms with Gasteiger partial charge in [-0.3, -0.25) is 14.4 Å². The van der Waals surface area contributed by atoms with Crippen LogP contribution in [0.1, 0.15) is 55.1 Å². The topological polar surface area (TPSA) is 141 Å². The molecule has 0 spiro atoms. The molecule has 11 heteroatoms. The van der Waals surface area contributed by atoms with E-state index >= 15 is 0 Å². The number of hydrogen-bond donors (Lipinski definition) is 4. The predicted octanol–water partition coefficient (Wildman–Crippen LogP) is 5.05. The van der Waals surface area contributed by atoms with Crippen molar-refractivity contribution in [1.82, 2.24) is 19.4 Å². The van der Waals surface area contributed by atoms with Gasteiger partial charge in [-0.05, 0) is 80.3 Å². The van der Waals surface area contributed by atoms with Gasteiger partial charge in [-0.15, -0.1) is 0 Å². The summed E-state index contributed by atoms with van der Waals surface area (Å²) in [5.74, 6) is -0.277. The van der Waals surface area contributed by atoms with Crippen LogP contribution in [0.25, 0.3) is 11.0 Å². The fourth-order valence-corrected chi connectivity index (χ4v) is 5.49. The van der Waals surface area contributed by atoms with Crippen LogP contribution in [-0.4, -0.2) is 56.4 Å². The Morgan fingerprint density at radius 3 is 2.05 bits per heavy atom. The van der Waals surface area contributed by atoms with Gasteiger partial charge in [-0.1, -0.05) is 12.8 Å². The Morgan fingerprint density at radius 1 is 0.905 bits per heavy atom. The van der Waals surface area contributed by atoms with E-state index in [-0.39, 0.29) is 29.5 Å². The average Bonchev–Trinajstić information content (AvgIpc) is 3.47. The van der Waals surface area contributed by atoms with Crippen molar-refractivity contribution in [2.24, 2.45) is 5.41 Å². The van der Waals surface area contributed by atoms with Gasteiger partial charge in [0.2, 0.25) is 17.8 Å². The third kappa shape index (κ3) is 5.25. The summed E-state index contributed by atoms with van der Waals surface area (Å²) >= 11 is 0. The number of phenols is 1. The van der Waals surface area contributed by atoms with Crippen LogP contribution in [0.5, 0.6) is 5.75 Å². The van der Waals surface area contributed by atoms with Crippen molar-refractivity contribution in [1.29, 1.82) is 0 Å². The van der Waals surface area contributed by atoms with Crippen LogP contribution in [-0.2, 0) is 9.59 Å². The molecule has 216 valence electrons. The normalized spacial score (nSPS) is 15.8. The Hall–Kier alpha value is -4.93. The van der Waals surface area contributed by atoms with Gasteiger partial charge in [0, 0.05) is 48.8 Å². The average molecular weight is 568 g/mol. The summed E-state index contributed by atoms with van der Waals surface area (Å²) in [4.78, 5) is 49.7. The number of benzene rings is 2. The molecule has 0 bridgehead atoms. The Labute approximate surface area is 243 Å². The number of hydrogen-bond acceptors (Lipinski definition) is 7. The Morgan fingerprint density at radius 2 is 1.48 bits per heavy atom. The Balaban J connectivity index is 1.15. The fourth-order valence-electron chi connectivity index (χ4n) is 5.49. The van der Waals surface area contributed by atoms with Gasteiger partial charge in [-0.25, -0.2) is 4.98 Å². The van der Waals surface area contributed by atoms with Crippen LogP contribution in [0.15, 0.2) is 60.8 Å². The lowest BCUT2D eigenvalue weighted by Gasteiger charge is -2.19. The maximum atomic E-state index is 13.0. The highest BCUT2D eigenvalue weighted by molar-refractivity contribution is 6.17. The molecule has 4 N–H and O–H groups in total. The first kappa shape index (κ1) is 27.3. The molecular formula is C31H33N7O4. The predicted molar refractivity (Wildman–Crippen MR) is 160 cm³/mol. The quantitative estimate of drug-likeness (QED) is 0.172. The number of amides is 3. The molecule has 2 heterocycles. The molecule has 2 aromatic carbocycles. The van der Waals surface area contributed by atoms with Crippen LogP contribution in [0, 0.1) is 5.41 Å². The van der Waals surface area contributed by atoms with Crippen molar-refractivity contribution in [3.8, 4) is 5.75 Å². The summed E-state index contributed by atoms with van der Waals surface area (Å²) in [5, 5.41) is 19.1. The van der Waals surface area contributed by atoms with Gasteiger partial charge in [-0.2, -0.15) is 4.98 Å². The molecule has 4 aromatic rings. The minimum atomic E-state index is -1.11. The van der Waals surface area contributed by atoms with Gasteiger partial charge in [0.05, 0.1) is 0 Å². The Bertz CT molecular complexity index is 1650. The molecule has 0 saturated heterocycles. The minimum Gasteiger partial charge on any atom is -0.508 e. The first-order valence-corrected chi connectivity index (χ1v) is 14.1. The van der Waals surface area contributed by atoms with Crippen LogP contribution >= 0.6 is 0 Å². The summed E-state index contributed by atoms with van der Waals surface area (Å²) in [6, 6.07) is 15.3. The van der Waals surface area contributed by atoms with E-state index in [1.165, 1.54) is 12.1 Å². The zero-order valence-corrected chi connectivity index (χ0v) is 23.6. The molecule has 0 atom stereocenters. The first-order chi connectivity index (χ1) is 20.2. The van der Waals surface area contributed by atoms with E-state index in [0.29, 0.717) is 35.9 Å². The summed E-state index contributed by atoms with van der Waals surface area (Å²) in [6.45, 7) is 0. The van der Waals surface area contributed by atoms with Crippen LogP contribution in [0.4, 0.5) is 23.0 Å². The number of nitrogens with zero attached hydrogens (tertiary/aromatic N) is 4. The van der Waals surface area contributed by atoms with Crippen molar-refractivity contribution in [3.63, 3.8) is 0 Å². The van der Waals surface area contributed by atoms with E-state index < -0.39 is 5.41 Å². The fraction of sp³-hybridized carbons (Fsp3) is 0.323.